The third-order valence-corrected chi connectivity index (χ3v) is 4.74. The molecular weight excluding hydrogens is 352 g/mol. The summed E-state index contributed by atoms with van der Waals surface area (Å²) >= 11 is 0. The van der Waals surface area contributed by atoms with Crippen molar-refractivity contribution in [2.45, 2.75) is 64.6 Å². The average Bonchev–Trinajstić information content (AvgIpc) is 2.74. The van der Waals surface area contributed by atoms with Crippen LogP contribution >= 0.6 is 0 Å². The van der Waals surface area contributed by atoms with Gasteiger partial charge in [-0.15, -0.1) is 0 Å². The van der Waals surface area contributed by atoms with E-state index in [9.17, 15) is 0 Å². The number of benzene rings is 2. The minimum Gasteiger partial charge on any atom is -0.494 e. The first kappa shape index (κ1) is 22.3. The molecule has 0 aliphatic rings. The van der Waals surface area contributed by atoms with E-state index in [4.69, 9.17) is 19.7 Å². The SMILES string of the molecule is OCc1cccc(OCCCCCCCCCCOc2cccc(CO)c2)c1. The van der Waals surface area contributed by atoms with E-state index in [0.717, 1.165) is 48.7 Å². The predicted molar refractivity (Wildman–Crippen MR) is 113 cm³/mol. The van der Waals surface area contributed by atoms with Gasteiger partial charge in [0.2, 0.25) is 0 Å². The second-order valence-corrected chi connectivity index (χ2v) is 7.14. The van der Waals surface area contributed by atoms with Crippen molar-refractivity contribution in [3.63, 3.8) is 0 Å². The van der Waals surface area contributed by atoms with Crippen LogP contribution in [0, 0.1) is 0 Å². The smallest absolute Gasteiger partial charge is 0.119 e. The standard InChI is InChI=1S/C24H34O4/c25-19-21-11-9-13-23(17-21)27-15-7-5-3-1-2-4-6-8-16-28-24-14-10-12-22(18-24)20-26/h9-14,17-18,25-26H,1-8,15-16,19-20H2. The lowest BCUT2D eigenvalue weighted by molar-refractivity contribution is 0.277. The van der Waals surface area contributed by atoms with Crippen LogP contribution in [0.3, 0.4) is 0 Å². The molecule has 0 saturated carbocycles. The van der Waals surface area contributed by atoms with Gasteiger partial charge in [-0.1, -0.05) is 62.8 Å². The summed E-state index contributed by atoms with van der Waals surface area (Å²) < 4.78 is 11.5. The molecule has 0 saturated heterocycles. The molecule has 2 aromatic rings. The third-order valence-electron chi connectivity index (χ3n) is 4.74. The largest absolute Gasteiger partial charge is 0.494 e. The Morgan fingerprint density at radius 2 is 0.929 bits per heavy atom. The van der Waals surface area contributed by atoms with Gasteiger partial charge in [-0.25, -0.2) is 0 Å². The van der Waals surface area contributed by atoms with Gasteiger partial charge in [0.25, 0.3) is 0 Å². The fourth-order valence-electron chi connectivity index (χ4n) is 3.11. The first-order valence-electron chi connectivity index (χ1n) is 10.5. The number of ether oxygens (including phenoxy) is 2. The Morgan fingerprint density at radius 1 is 0.536 bits per heavy atom. The molecule has 0 radical (unpaired) electrons. The molecule has 0 atom stereocenters. The van der Waals surface area contributed by atoms with Crippen LogP contribution in [-0.4, -0.2) is 23.4 Å². The van der Waals surface area contributed by atoms with Crippen LogP contribution in [0.4, 0.5) is 0 Å². The van der Waals surface area contributed by atoms with Crippen LogP contribution < -0.4 is 9.47 Å². The first-order valence-corrected chi connectivity index (χ1v) is 10.5. The molecule has 0 unspecified atom stereocenters. The predicted octanol–water partition coefficient (Wildman–Crippen LogP) is 5.25. The Bertz CT molecular complexity index is 599. The highest BCUT2D eigenvalue weighted by molar-refractivity contribution is 5.28. The van der Waals surface area contributed by atoms with Gasteiger partial charge in [0, 0.05) is 0 Å². The summed E-state index contributed by atoms with van der Waals surface area (Å²) in [5.74, 6) is 1.69. The number of unbranched alkanes of at least 4 members (excludes halogenated alkanes) is 7. The fraction of sp³-hybridized carbons (Fsp3) is 0.500. The van der Waals surface area contributed by atoms with Crippen molar-refractivity contribution in [3.8, 4) is 11.5 Å². The van der Waals surface area contributed by atoms with Gasteiger partial charge in [-0.05, 0) is 48.2 Å². The molecule has 2 N–H and O–H groups in total. The summed E-state index contributed by atoms with van der Waals surface area (Å²) in [6.45, 7) is 1.59. The topological polar surface area (TPSA) is 58.9 Å². The molecule has 4 heteroatoms. The Hall–Kier alpha value is -2.04. The van der Waals surface area contributed by atoms with E-state index in [-0.39, 0.29) is 13.2 Å². The minimum absolute atomic E-state index is 0.0558. The van der Waals surface area contributed by atoms with Crippen LogP contribution in [0.5, 0.6) is 11.5 Å². The Balaban J connectivity index is 1.38. The van der Waals surface area contributed by atoms with Gasteiger partial charge in [0.15, 0.2) is 0 Å². The lowest BCUT2D eigenvalue weighted by Crippen LogP contribution is -1.98. The highest BCUT2D eigenvalue weighted by Gasteiger charge is 1.98. The molecule has 2 aromatic carbocycles. The number of hydrogen-bond acceptors (Lipinski definition) is 4. The van der Waals surface area contributed by atoms with Crippen molar-refractivity contribution >= 4 is 0 Å². The molecule has 154 valence electrons. The molecule has 2 rings (SSSR count). The normalized spacial score (nSPS) is 10.8. The molecule has 0 heterocycles. The molecule has 0 spiro atoms. The van der Waals surface area contributed by atoms with Crippen molar-refractivity contribution in [2.24, 2.45) is 0 Å². The van der Waals surface area contributed by atoms with Gasteiger partial charge in [0.1, 0.15) is 11.5 Å². The molecule has 0 amide bonds. The maximum atomic E-state index is 9.12. The van der Waals surface area contributed by atoms with Gasteiger partial charge in [-0.3, -0.25) is 0 Å². The van der Waals surface area contributed by atoms with Crippen LogP contribution in [-0.2, 0) is 13.2 Å². The summed E-state index contributed by atoms with van der Waals surface area (Å²) in [6.07, 6.45) is 9.61. The molecule has 28 heavy (non-hydrogen) atoms. The van der Waals surface area contributed by atoms with Crippen molar-refractivity contribution < 1.29 is 19.7 Å². The second-order valence-electron chi connectivity index (χ2n) is 7.14. The quantitative estimate of drug-likeness (QED) is 0.411. The molecule has 4 nitrogen and oxygen atoms in total. The van der Waals surface area contributed by atoms with Gasteiger partial charge < -0.3 is 19.7 Å². The van der Waals surface area contributed by atoms with Crippen molar-refractivity contribution in [1.82, 2.24) is 0 Å². The summed E-state index contributed by atoms with van der Waals surface area (Å²) in [4.78, 5) is 0. The van der Waals surface area contributed by atoms with E-state index in [2.05, 4.69) is 0 Å². The van der Waals surface area contributed by atoms with Crippen LogP contribution in [0.1, 0.15) is 62.5 Å². The van der Waals surface area contributed by atoms with E-state index >= 15 is 0 Å². The lowest BCUT2D eigenvalue weighted by Gasteiger charge is -2.08. The summed E-state index contributed by atoms with van der Waals surface area (Å²) in [5, 5.41) is 18.2. The van der Waals surface area contributed by atoms with Crippen molar-refractivity contribution in [3.05, 3.63) is 59.7 Å². The van der Waals surface area contributed by atoms with E-state index in [1.165, 1.54) is 38.5 Å². The molecular formula is C24H34O4. The number of hydrogen-bond donors (Lipinski definition) is 2. The van der Waals surface area contributed by atoms with E-state index in [1.54, 1.807) is 0 Å². The van der Waals surface area contributed by atoms with Crippen LogP contribution in [0.2, 0.25) is 0 Å². The fourth-order valence-corrected chi connectivity index (χ4v) is 3.11. The van der Waals surface area contributed by atoms with Gasteiger partial charge >= 0.3 is 0 Å². The number of aliphatic hydroxyl groups excluding tert-OH is 2. The summed E-state index contributed by atoms with van der Waals surface area (Å²) in [6, 6.07) is 15.3. The van der Waals surface area contributed by atoms with Gasteiger partial charge in [-0.2, -0.15) is 0 Å². The Kier molecular flexibility index (Phi) is 11.1. The molecule has 0 aromatic heterocycles. The Labute approximate surface area is 169 Å². The summed E-state index contributed by atoms with van der Waals surface area (Å²) in [5.41, 5.74) is 1.78. The zero-order valence-electron chi connectivity index (χ0n) is 16.8. The lowest BCUT2D eigenvalue weighted by atomic mass is 10.1. The van der Waals surface area contributed by atoms with Crippen LogP contribution in [0.15, 0.2) is 48.5 Å². The minimum atomic E-state index is 0.0558. The van der Waals surface area contributed by atoms with E-state index in [0.29, 0.717) is 0 Å². The van der Waals surface area contributed by atoms with Crippen LogP contribution in [0.25, 0.3) is 0 Å². The second kappa shape index (κ2) is 14.0. The molecule has 0 fully saturated rings. The average molecular weight is 387 g/mol. The zero-order valence-corrected chi connectivity index (χ0v) is 16.8. The molecule has 0 bridgehead atoms. The molecule has 0 aliphatic carbocycles. The zero-order chi connectivity index (χ0) is 19.9. The van der Waals surface area contributed by atoms with Gasteiger partial charge in [0.05, 0.1) is 26.4 Å². The number of rotatable bonds is 15. The van der Waals surface area contributed by atoms with E-state index < -0.39 is 0 Å². The summed E-state index contributed by atoms with van der Waals surface area (Å²) in [7, 11) is 0. The highest BCUT2D eigenvalue weighted by atomic mass is 16.5. The highest BCUT2D eigenvalue weighted by Crippen LogP contribution is 2.16. The maximum Gasteiger partial charge on any atom is 0.119 e. The maximum absolute atomic E-state index is 9.12. The molecule has 0 aliphatic heterocycles. The van der Waals surface area contributed by atoms with Crippen molar-refractivity contribution in [1.29, 1.82) is 0 Å². The van der Waals surface area contributed by atoms with E-state index in [1.807, 2.05) is 48.5 Å². The first-order chi connectivity index (χ1) is 13.8. The Morgan fingerprint density at radius 3 is 1.32 bits per heavy atom. The monoisotopic (exact) mass is 386 g/mol. The number of aliphatic hydroxyl groups is 2. The third kappa shape index (κ3) is 9.25. The van der Waals surface area contributed by atoms with Crippen molar-refractivity contribution in [2.75, 3.05) is 13.2 Å².